The zero-order valence-corrected chi connectivity index (χ0v) is 17.8. The summed E-state index contributed by atoms with van der Waals surface area (Å²) in [7, 11) is 0. The highest BCUT2D eigenvalue weighted by Crippen LogP contribution is 2.38. The molecule has 0 radical (unpaired) electrons. The third-order valence-corrected chi connectivity index (χ3v) is 4.92. The Labute approximate surface area is 197 Å². The topological polar surface area (TPSA) is 32.7 Å². The second-order valence-electron chi connectivity index (χ2n) is 7.46. The predicted octanol–water partition coefficient (Wildman–Crippen LogP) is 6.98. The van der Waals surface area contributed by atoms with Crippen LogP contribution in [0.1, 0.15) is 11.1 Å². The first-order valence-electron chi connectivity index (χ1n) is 9.94. The van der Waals surface area contributed by atoms with Gasteiger partial charge in [0.2, 0.25) is 0 Å². The van der Waals surface area contributed by atoms with Gasteiger partial charge in [0.25, 0.3) is 0 Å². The van der Waals surface area contributed by atoms with Crippen LogP contribution >= 0.6 is 0 Å². The zero-order valence-electron chi connectivity index (χ0n) is 17.8. The molecular formula is C23H15F10NO2. The van der Waals surface area contributed by atoms with Crippen molar-refractivity contribution in [1.29, 1.82) is 0 Å². The van der Waals surface area contributed by atoms with Gasteiger partial charge in [0.15, 0.2) is 29.4 Å². The van der Waals surface area contributed by atoms with Gasteiger partial charge in [0, 0.05) is 23.9 Å². The Bertz CT molecular complexity index is 1180. The van der Waals surface area contributed by atoms with Gasteiger partial charge in [-0.1, -0.05) is 24.3 Å². The minimum Gasteiger partial charge on any atom is -0.457 e. The number of aliphatic hydroxyl groups excluding tert-OH is 1. The van der Waals surface area contributed by atoms with Crippen molar-refractivity contribution in [1.82, 2.24) is 0 Å². The molecule has 0 bridgehead atoms. The Morgan fingerprint density at radius 2 is 1.31 bits per heavy atom. The molecule has 0 saturated carbocycles. The fourth-order valence-corrected chi connectivity index (χ4v) is 3.20. The van der Waals surface area contributed by atoms with Gasteiger partial charge in [0.1, 0.15) is 17.1 Å². The van der Waals surface area contributed by atoms with E-state index in [9.17, 15) is 49.0 Å². The van der Waals surface area contributed by atoms with Gasteiger partial charge in [-0.05, 0) is 24.3 Å². The number of halogens is 10. The molecule has 0 aliphatic heterocycles. The highest BCUT2D eigenvalue weighted by atomic mass is 19.4. The van der Waals surface area contributed by atoms with Gasteiger partial charge in [-0.2, -0.15) is 26.3 Å². The van der Waals surface area contributed by atoms with Crippen LogP contribution in [0, 0.1) is 23.3 Å². The molecule has 0 aromatic heterocycles. The van der Waals surface area contributed by atoms with Crippen LogP contribution < -0.4 is 9.64 Å². The van der Waals surface area contributed by atoms with Crippen LogP contribution in [0.5, 0.6) is 11.5 Å². The van der Waals surface area contributed by atoms with Gasteiger partial charge in [-0.25, -0.2) is 17.6 Å². The molecular weight excluding hydrogens is 512 g/mol. The highest BCUT2D eigenvalue weighted by Gasteiger charge is 2.43. The molecule has 0 heterocycles. The maximum Gasteiger partial charge on any atom is 0.422 e. The smallest absolute Gasteiger partial charge is 0.422 e. The Morgan fingerprint density at radius 1 is 0.750 bits per heavy atom. The van der Waals surface area contributed by atoms with Crippen LogP contribution in [0.2, 0.25) is 0 Å². The Hall–Kier alpha value is -3.48. The average molecular weight is 527 g/mol. The molecule has 3 nitrogen and oxygen atoms in total. The van der Waals surface area contributed by atoms with Crippen molar-refractivity contribution in [3.05, 3.63) is 89.0 Å². The van der Waals surface area contributed by atoms with Crippen molar-refractivity contribution < 1.29 is 53.7 Å². The molecule has 0 spiro atoms. The third-order valence-electron chi connectivity index (χ3n) is 4.92. The van der Waals surface area contributed by atoms with E-state index in [-0.39, 0.29) is 11.4 Å². The van der Waals surface area contributed by atoms with Crippen LogP contribution in [0.25, 0.3) is 0 Å². The van der Waals surface area contributed by atoms with E-state index in [0.717, 1.165) is 12.1 Å². The Kier molecular flexibility index (Phi) is 7.72. The van der Waals surface area contributed by atoms with E-state index >= 15 is 0 Å². The molecule has 0 amide bonds. The standard InChI is InChI=1S/C23H15F10NO2/c24-18-15(19(25)21(27)17(20(18)26)23(31,32)33)10-34(11-16(35)22(28,29)30)12-5-4-8-14(9-12)36-13-6-2-1-3-7-13/h1-9,16,35H,10-11H2. The van der Waals surface area contributed by atoms with Crippen molar-refractivity contribution in [2.24, 2.45) is 0 Å². The van der Waals surface area contributed by atoms with Crippen LogP contribution in [0.4, 0.5) is 49.6 Å². The largest absolute Gasteiger partial charge is 0.457 e. The van der Waals surface area contributed by atoms with E-state index < -0.39 is 65.9 Å². The highest BCUT2D eigenvalue weighted by molar-refractivity contribution is 5.52. The Balaban J connectivity index is 2.05. The summed E-state index contributed by atoms with van der Waals surface area (Å²) < 4.78 is 140. The first-order chi connectivity index (χ1) is 16.7. The van der Waals surface area contributed by atoms with Gasteiger partial charge >= 0.3 is 12.4 Å². The number of ether oxygens (including phenoxy) is 1. The SMILES string of the molecule is OC(CN(Cc1c(F)c(F)c(C(F)(F)F)c(F)c1F)c1cccc(Oc2ccccc2)c1)C(F)(F)F. The van der Waals surface area contributed by atoms with Crippen LogP contribution in [0.3, 0.4) is 0 Å². The molecule has 1 unspecified atom stereocenters. The molecule has 0 aliphatic carbocycles. The van der Waals surface area contributed by atoms with E-state index in [1.165, 1.54) is 24.3 Å². The molecule has 13 heteroatoms. The lowest BCUT2D eigenvalue weighted by Gasteiger charge is -2.29. The summed E-state index contributed by atoms with van der Waals surface area (Å²) in [6.07, 6.45) is -14.1. The summed E-state index contributed by atoms with van der Waals surface area (Å²) in [5.74, 6) is -10.1. The van der Waals surface area contributed by atoms with Gasteiger partial charge in [-0.15, -0.1) is 0 Å². The average Bonchev–Trinajstić information content (AvgIpc) is 2.79. The second-order valence-corrected chi connectivity index (χ2v) is 7.46. The summed E-state index contributed by atoms with van der Waals surface area (Å²) in [5.41, 5.74) is -4.69. The lowest BCUT2D eigenvalue weighted by Crippen LogP contribution is -2.41. The Morgan fingerprint density at radius 3 is 1.83 bits per heavy atom. The van der Waals surface area contributed by atoms with E-state index in [2.05, 4.69) is 0 Å². The molecule has 0 aliphatic rings. The summed E-state index contributed by atoms with van der Waals surface area (Å²) in [6, 6.07) is 12.8. The van der Waals surface area contributed by atoms with Gasteiger partial charge < -0.3 is 14.7 Å². The first-order valence-corrected chi connectivity index (χ1v) is 9.94. The zero-order chi connectivity index (χ0) is 26.8. The number of para-hydroxylation sites is 1. The monoisotopic (exact) mass is 527 g/mol. The molecule has 194 valence electrons. The molecule has 1 atom stereocenters. The summed E-state index contributed by atoms with van der Waals surface area (Å²) >= 11 is 0. The maximum atomic E-state index is 14.4. The molecule has 0 fully saturated rings. The van der Waals surface area contributed by atoms with E-state index in [0.29, 0.717) is 10.6 Å². The van der Waals surface area contributed by atoms with Crippen molar-refractivity contribution in [3.63, 3.8) is 0 Å². The number of hydrogen-bond acceptors (Lipinski definition) is 3. The fourth-order valence-electron chi connectivity index (χ4n) is 3.20. The van der Waals surface area contributed by atoms with Gasteiger partial charge in [-0.3, -0.25) is 0 Å². The third kappa shape index (κ3) is 6.01. The van der Waals surface area contributed by atoms with Gasteiger partial charge in [0.05, 0.1) is 6.54 Å². The second kappa shape index (κ2) is 10.2. The number of rotatable bonds is 7. The quantitative estimate of drug-likeness (QED) is 0.266. The van der Waals surface area contributed by atoms with Crippen LogP contribution in [-0.4, -0.2) is 23.9 Å². The fraction of sp³-hybridized carbons (Fsp3) is 0.217. The number of alkyl halides is 6. The normalized spacial score (nSPS) is 13.0. The summed E-state index contributed by atoms with van der Waals surface area (Å²) in [4.78, 5) is 0.490. The molecule has 3 aromatic carbocycles. The van der Waals surface area contributed by atoms with Crippen molar-refractivity contribution in [2.45, 2.75) is 25.0 Å². The molecule has 3 aromatic rings. The van der Waals surface area contributed by atoms with E-state index in [1.54, 1.807) is 18.2 Å². The van der Waals surface area contributed by atoms with E-state index in [1.807, 2.05) is 0 Å². The van der Waals surface area contributed by atoms with E-state index in [4.69, 9.17) is 4.74 Å². The lowest BCUT2D eigenvalue weighted by atomic mass is 10.1. The molecule has 1 N–H and O–H groups in total. The number of aliphatic hydroxyl groups is 1. The number of anilines is 1. The molecule has 0 saturated heterocycles. The maximum absolute atomic E-state index is 14.4. The van der Waals surface area contributed by atoms with Crippen molar-refractivity contribution in [3.8, 4) is 11.5 Å². The van der Waals surface area contributed by atoms with Crippen molar-refractivity contribution in [2.75, 3.05) is 11.4 Å². The number of benzene rings is 3. The summed E-state index contributed by atoms with van der Waals surface area (Å²) in [6.45, 7) is -2.76. The first kappa shape index (κ1) is 27.1. The minimum absolute atomic E-state index is 0.0240. The molecule has 36 heavy (non-hydrogen) atoms. The summed E-state index contributed by atoms with van der Waals surface area (Å²) in [5, 5.41) is 9.52. The lowest BCUT2D eigenvalue weighted by molar-refractivity contribution is -0.200. The van der Waals surface area contributed by atoms with Crippen molar-refractivity contribution >= 4 is 5.69 Å². The number of hydrogen-bond donors (Lipinski definition) is 1. The predicted molar refractivity (Wildman–Crippen MR) is 107 cm³/mol. The minimum atomic E-state index is -5.79. The van der Waals surface area contributed by atoms with Crippen LogP contribution in [-0.2, 0) is 12.7 Å². The molecule has 3 rings (SSSR count). The number of nitrogens with zero attached hydrogens (tertiary/aromatic N) is 1. The van der Waals surface area contributed by atoms with Crippen LogP contribution in [0.15, 0.2) is 54.6 Å².